The molecule has 0 unspecified atom stereocenters. The van der Waals surface area contributed by atoms with Gasteiger partial charge in [0.2, 0.25) is 0 Å². The lowest BCUT2D eigenvalue weighted by Crippen LogP contribution is -1.94. The minimum atomic E-state index is 0.659. The van der Waals surface area contributed by atoms with E-state index in [4.69, 9.17) is 0 Å². The first kappa shape index (κ1) is 13.0. The molecule has 2 aromatic carbocycles. The van der Waals surface area contributed by atoms with Crippen LogP contribution in [0.1, 0.15) is 11.3 Å². The second-order valence-electron chi connectivity index (χ2n) is 4.67. The maximum absolute atomic E-state index is 9.41. The summed E-state index contributed by atoms with van der Waals surface area (Å²) in [7, 11) is 0. The van der Waals surface area contributed by atoms with Gasteiger partial charge in [0.1, 0.15) is 0 Å². The number of aromatic nitrogens is 1. The standard InChI is InChI=1S/C19H14N2/c20-15-17(16-8-3-1-4-9-16)14-19-12-7-13-21(19)18-10-5-2-6-11-18/h1-14H/b17-14+. The predicted molar refractivity (Wildman–Crippen MR) is 85.7 cm³/mol. The molecule has 0 radical (unpaired) electrons. The molecule has 2 heteroatoms. The van der Waals surface area contributed by atoms with Gasteiger partial charge in [-0.2, -0.15) is 5.26 Å². The highest BCUT2D eigenvalue weighted by molar-refractivity contribution is 5.89. The van der Waals surface area contributed by atoms with Crippen molar-refractivity contribution >= 4 is 11.6 Å². The fourth-order valence-corrected chi connectivity index (χ4v) is 2.28. The van der Waals surface area contributed by atoms with Crippen LogP contribution in [0.2, 0.25) is 0 Å². The zero-order chi connectivity index (χ0) is 14.5. The van der Waals surface area contributed by atoms with Crippen LogP contribution in [0.3, 0.4) is 0 Å². The summed E-state index contributed by atoms with van der Waals surface area (Å²) in [4.78, 5) is 0. The van der Waals surface area contributed by atoms with Gasteiger partial charge in [-0.25, -0.2) is 0 Å². The molecule has 2 nitrogen and oxygen atoms in total. The van der Waals surface area contributed by atoms with E-state index in [1.165, 1.54) is 0 Å². The molecule has 1 heterocycles. The van der Waals surface area contributed by atoms with Gasteiger partial charge in [0.15, 0.2) is 0 Å². The number of nitrogens with zero attached hydrogens (tertiary/aromatic N) is 2. The molecule has 0 aliphatic heterocycles. The van der Waals surface area contributed by atoms with Crippen molar-refractivity contribution in [2.75, 3.05) is 0 Å². The molecule has 0 aliphatic carbocycles. The summed E-state index contributed by atoms with van der Waals surface area (Å²) in [5.74, 6) is 0. The van der Waals surface area contributed by atoms with Gasteiger partial charge >= 0.3 is 0 Å². The molecule has 3 aromatic rings. The molecule has 21 heavy (non-hydrogen) atoms. The van der Waals surface area contributed by atoms with Crippen LogP contribution in [0, 0.1) is 11.3 Å². The van der Waals surface area contributed by atoms with Crippen LogP contribution in [0.4, 0.5) is 0 Å². The Kier molecular flexibility index (Phi) is 3.66. The number of hydrogen-bond donors (Lipinski definition) is 0. The number of benzene rings is 2. The summed E-state index contributed by atoms with van der Waals surface area (Å²) in [6.07, 6.45) is 3.92. The summed E-state index contributed by atoms with van der Waals surface area (Å²) < 4.78 is 2.07. The Hall–Kier alpha value is -3.05. The van der Waals surface area contributed by atoms with Crippen LogP contribution < -0.4 is 0 Å². The second-order valence-corrected chi connectivity index (χ2v) is 4.67. The molecule has 3 rings (SSSR count). The van der Waals surface area contributed by atoms with Gasteiger partial charge in [0.05, 0.1) is 11.6 Å². The fourth-order valence-electron chi connectivity index (χ4n) is 2.28. The molecule has 0 fully saturated rings. The third-order valence-corrected chi connectivity index (χ3v) is 3.31. The fraction of sp³-hybridized carbons (Fsp3) is 0. The van der Waals surface area contributed by atoms with Crippen molar-refractivity contribution in [3.8, 4) is 11.8 Å². The Morgan fingerprint density at radius 3 is 2.19 bits per heavy atom. The summed E-state index contributed by atoms with van der Waals surface area (Å²) in [6.45, 7) is 0. The summed E-state index contributed by atoms with van der Waals surface area (Å²) in [6, 6.07) is 26.1. The van der Waals surface area contributed by atoms with E-state index in [1.54, 1.807) is 0 Å². The number of rotatable bonds is 3. The lowest BCUT2D eigenvalue weighted by Gasteiger charge is -2.07. The molecule has 0 spiro atoms. The monoisotopic (exact) mass is 270 g/mol. The van der Waals surface area contributed by atoms with Gasteiger partial charge in [-0.05, 0) is 35.9 Å². The Morgan fingerprint density at radius 1 is 0.857 bits per heavy atom. The largest absolute Gasteiger partial charge is 0.317 e. The van der Waals surface area contributed by atoms with E-state index in [-0.39, 0.29) is 0 Å². The van der Waals surface area contributed by atoms with Crippen LogP contribution in [0.25, 0.3) is 17.3 Å². The minimum Gasteiger partial charge on any atom is -0.317 e. The number of nitriles is 1. The topological polar surface area (TPSA) is 28.7 Å². The van der Waals surface area contributed by atoms with Gasteiger partial charge in [-0.1, -0.05) is 48.5 Å². The van der Waals surface area contributed by atoms with E-state index in [2.05, 4.69) is 10.6 Å². The molecule has 0 amide bonds. The highest BCUT2D eigenvalue weighted by atomic mass is 15.0. The van der Waals surface area contributed by atoms with E-state index in [0.717, 1.165) is 16.9 Å². The minimum absolute atomic E-state index is 0.659. The van der Waals surface area contributed by atoms with E-state index < -0.39 is 0 Å². The summed E-state index contributed by atoms with van der Waals surface area (Å²) >= 11 is 0. The summed E-state index contributed by atoms with van der Waals surface area (Å²) in [5.41, 5.74) is 3.66. The smallest absolute Gasteiger partial charge is 0.0998 e. The van der Waals surface area contributed by atoms with Crippen molar-refractivity contribution in [2.24, 2.45) is 0 Å². The quantitative estimate of drug-likeness (QED) is 0.642. The van der Waals surface area contributed by atoms with Crippen LogP contribution in [0.5, 0.6) is 0 Å². The predicted octanol–water partition coefficient (Wildman–Crippen LogP) is 4.54. The number of hydrogen-bond acceptors (Lipinski definition) is 1. The lowest BCUT2D eigenvalue weighted by molar-refractivity contribution is 1.06. The van der Waals surface area contributed by atoms with Gasteiger partial charge in [0.25, 0.3) is 0 Å². The van der Waals surface area contributed by atoms with Crippen LogP contribution in [-0.4, -0.2) is 4.57 Å². The van der Waals surface area contributed by atoms with Crippen molar-refractivity contribution in [2.45, 2.75) is 0 Å². The van der Waals surface area contributed by atoms with Crippen molar-refractivity contribution in [1.29, 1.82) is 5.26 Å². The second kappa shape index (κ2) is 5.94. The molecule has 100 valence electrons. The van der Waals surface area contributed by atoms with Crippen LogP contribution >= 0.6 is 0 Å². The number of para-hydroxylation sites is 1. The van der Waals surface area contributed by atoms with Crippen LogP contribution in [0.15, 0.2) is 79.0 Å². The number of allylic oxidation sites excluding steroid dienone is 1. The average molecular weight is 270 g/mol. The molecule has 0 aliphatic rings. The van der Waals surface area contributed by atoms with Crippen molar-refractivity contribution < 1.29 is 0 Å². The first-order valence-corrected chi connectivity index (χ1v) is 6.78. The normalized spacial score (nSPS) is 11.1. The third kappa shape index (κ3) is 2.77. The zero-order valence-electron chi connectivity index (χ0n) is 11.5. The molecule has 0 N–H and O–H groups in total. The first-order chi connectivity index (χ1) is 10.4. The van der Waals surface area contributed by atoms with E-state index in [9.17, 15) is 5.26 Å². The Balaban J connectivity index is 2.05. The Morgan fingerprint density at radius 2 is 1.52 bits per heavy atom. The maximum Gasteiger partial charge on any atom is 0.0998 e. The SMILES string of the molecule is N#C/C(=C\c1cccn1-c1ccccc1)c1ccccc1. The van der Waals surface area contributed by atoms with E-state index in [1.807, 2.05) is 85.1 Å². The van der Waals surface area contributed by atoms with Crippen molar-refractivity contribution in [3.05, 3.63) is 90.3 Å². The molecular formula is C19H14N2. The lowest BCUT2D eigenvalue weighted by atomic mass is 10.1. The van der Waals surface area contributed by atoms with E-state index >= 15 is 0 Å². The van der Waals surface area contributed by atoms with E-state index in [0.29, 0.717) is 5.57 Å². The molecule has 0 saturated carbocycles. The summed E-state index contributed by atoms with van der Waals surface area (Å²) in [5, 5.41) is 9.41. The molecule has 0 atom stereocenters. The van der Waals surface area contributed by atoms with Gasteiger partial charge in [-0.3, -0.25) is 0 Å². The Labute approximate surface area is 124 Å². The average Bonchev–Trinajstić information content (AvgIpc) is 3.02. The van der Waals surface area contributed by atoms with Gasteiger partial charge in [0, 0.05) is 17.6 Å². The zero-order valence-corrected chi connectivity index (χ0v) is 11.5. The molecule has 1 aromatic heterocycles. The maximum atomic E-state index is 9.41. The highest BCUT2D eigenvalue weighted by Crippen LogP contribution is 2.20. The Bertz CT molecular complexity index is 790. The van der Waals surface area contributed by atoms with Gasteiger partial charge < -0.3 is 4.57 Å². The third-order valence-electron chi connectivity index (χ3n) is 3.31. The molecular weight excluding hydrogens is 256 g/mol. The molecule has 0 bridgehead atoms. The highest BCUT2D eigenvalue weighted by Gasteiger charge is 2.04. The van der Waals surface area contributed by atoms with Crippen molar-refractivity contribution in [1.82, 2.24) is 4.57 Å². The van der Waals surface area contributed by atoms with Crippen LogP contribution in [-0.2, 0) is 0 Å². The molecule has 0 saturated heterocycles. The first-order valence-electron chi connectivity index (χ1n) is 6.78. The van der Waals surface area contributed by atoms with Gasteiger partial charge in [-0.15, -0.1) is 0 Å². The van der Waals surface area contributed by atoms with Crippen molar-refractivity contribution in [3.63, 3.8) is 0 Å².